The lowest BCUT2D eigenvalue weighted by atomic mass is 9.87. The summed E-state index contributed by atoms with van der Waals surface area (Å²) in [5.74, 6) is -1.23. The van der Waals surface area contributed by atoms with E-state index < -0.39 is 14.0 Å². The SMILES string of the molecule is CCCCCCCCCC(OC(=O)c1cc(OC(=O)C2CCC(OCCCCCC)CC2)ccc1OC(=O)C1CCC(OCCCCCC)CC1)[Si](C)(C)C. The average Bonchev–Trinajstić information content (AvgIpc) is 3.17. The molecule has 0 N–H and O–H groups in total. The molecule has 0 spiro atoms. The highest BCUT2D eigenvalue weighted by Crippen LogP contribution is 2.33. The second-order valence-corrected chi connectivity index (χ2v) is 22.9. The van der Waals surface area contributed by atoms with E-state index in [0.29, 0.717) is 25.7 Å². The predicted octanol–water partition coefficient (Wildman–Crippen LogP) is 12.4. The number of hydrogen-bond acceptors (Lipinski definition) is 8. The molecule has 2 fully saturated rings. The van der Waals surface area contributed by atoms with Gasteiger partial charge in [-0.05, 0) is 88.8 Å². The molecule has 0 heterocycles. The van der Waals surface area contributed by atoms with Crippen molar-refractivity contribution in [3.8, 4) is 11.5 Å². The second-order valence-electron chi connectivity index (χ2n) is 17.5. The van der Waals surface area contributed by atoms with Gasteiger partial charge in [0, 0.05) is 13.2 Å². The van der Waals surface area contributed by atoms with Gasteiger partial charge in [0.05, 0.1) is 37.8 Å². The van der Waals surface area contributed by atoms with Gasteiger partial charge in [0.2, 0.25) is 0 Å². The zero-order chi connectivity index (χ0) is 39.9. The van der Waals surface area contributed by atoms with Crippen LogP contribution in [0.25, 0.3) is 0 Å². The molecule has 1 atom stereocenters. The molecule has 0 bridgehead atoms. The van der Waals surface area contributed by atoms with Crippen LogP contribution in [0.1, 0.15) is 185 Å². The highest BCUT2D eigenvalue weighted by atomic mass is 28.3. The van der Waals surface area contributed by atoms with Crippen LogP contribution in [0.15, 0.2) is 18.2 Å². The Kier molecular flexibility index (Phi) is 22.8. The van der Waals surface area contributed by atoms with Crippen molar-refractivity contribution >= 4 is 26.0 Å². The minimum atomic E-state index is -1.90. The fourth-order valence-corrected chi connectivity index (χ4v) is 9.38. The molecule has 2 saturated carbocycles. The third-order valence-electron chi connectivity index (χ3n) is 11.6. The summed E-state index contributed by atoms with van der Waals surface area (Å²) in [6, 6.07) is 4.75. The van der Waals surface area contributed by atoms with Crippen molar-refractivity contribution in [3.63, 3.8) is 0 Å². The van der Waals surface area contributed by atoms with Gasteiger partial charge < -0.3 is 23.7 Å². The number of hydrogen-bond donors (Lipinski definition) is 0. The van der Waals surface area contributed by atoms with Gasteiger partial charge in [0.25, 0.3) is 0 Å². The quantitative estimate of drug-likeness (QED) is 0.0376. The maximum atomic E-state index is 14.1. The summed E-state index contributed by atoms with van der Waals surface area (Å²) in [5, 5.41) is 0. The first-order valence-corrected chi connectivity index (χ1v) is 26.1. The van der Waals surface area contributed by atoms with Crippen LogP contribution in [-0.4, -0.2) is 57.1 Å². The average molecular weight is 787 g/mol. The molecule has 314 valence electrons. The van der Waals surface area contributed by atoms with Crippen molar-refractivity contribution < 1.29 is 38.1 Å². The van der Waals surface area contributed by atoms with Gasteiger partial charge in [-0.15, -0.1) is 0 Å². The summed E-state index contributed by atoms with van der Waals surface area (Å²) in [6.45, 7) is 14.9. The summed E-state index contributed by atoms with van der Waals surface area (Å²) < 4.78 is 30.4. The Morgan fingerprint density at radius 3 is 1.55 bits per heavy atom. The lowest BCUT2D eigenvalue weighted by Crippen LogP contribution is -2.41. The van der Waals surface area contributed by atoms with E-state index in [1.165, 1.54) is 76.7 Å². The van der Waals surface area contributed by atoms with Crippen LogP contribution in [0.5, 0.6) is 11.5 Å². The van der Waals surface area contributed by atoms with Crippen molar-refractivity contribution in [2.45, 2.75) is 212 Å². The molecule has 1 aromatic rings. The van der Waals surface area contributed by atoms with Crippen molar-refractivity contribution in [2.24, 2.45) is 11.8 Å². The fraction of sp³-hybridized carbons (Fsp3) is 0.804. The first kappa shape index (κ1) is 47.1. The van der Waals surface area contributed by atoms with Gasteiger partial charge in [0.15, 0.2) is 0 Å². The number of benzene rings is 1. The zero-order valence-corrected chi connectivity index (χ0v) is 36.8. The Hall–Kier alpha value is -2.23. The Bertz CT molecular complexity index is 1230. The molecule has 55 heavy (non-hydrogen) atoms. The predicted molar refractivity (Wildman–Crippen MR) is 225 cm³/mol. The topological polar surface area (TPSA) is 97.4 Å². The third kappa shape index (κ3) is 18.3. The number of esters is 3. The standard InChI is InChI=1S/C46H78O8Si/c1-7-10-13-16-17-18-19-22-43(55(4,5)6)54-46(49)41-35-40(52-44(47)36-23-27-38(28-24-36)50-33-20-14-11-8-2)31-32-42(41)53-45(48)37-25-29-39(30-26-37)51-34-21-15-12-9-3/h31-32,35-39,43H,7-30,33-34H2,1-6H3. The first-order chi connectivity index (χ1) is 26.5. The fourth-order valence-electron chi connectivity index (χ4n) is 7.85. The number of carbonyl (C=O) groups is 3. The molecule has 9 heteroatoms. The van der Waals surface area contributed by atoms with Crippen LogP contribution in [-0.2, 0) is 23.8 Å². The Labute approximate surface area is 335 Å². The molecule has 0 radical (unpaired) electrons. The molecule has 8 nitrogen and oxygen atoms in total. The lowest BCUT2D eigenvalue weighted by molar-refractivity contribution is -0.142. The zero-order valence-electron chi connectivity index (χ0n) is 35.8. The monoisotopic (exact) mass is 787 g/mol. The van der Waals surface area contributed by atoms with Crippen molar-refractivity contribution in [2.75, 3.05) is 13.2 Å². The molecular weight excluding hydrogens is 709 g/mol. The lowest BCUT2D eigenvalue weighted by Gasteiger charge is -2.29. The van der Waals surface area contributed by atoms with Crippen LogP contribution in [0, 0.1) is 11.8 Å². The maximum absolute atomic E-state index is 14.1. The van der Waals surface area contributed by atoms with E-state index in [4.69, 9.17) is 23.7 Å². The molecule has 0 amide bonds. The van der Waals surface area contributed by atoms with Crippen LogP contribution >= 0.6 is 0 Å². The molecule has 0 saturated heterocycles. The molecule has 2 aliphatic rings. The Balaban J connectivity index is 1.66. The van der Waals surface area contributed by atoms with Gasteiger partial charge in [-0.25, -0.2) is 4.79 Å². The molecule has 0 aliphatic heterocycles. The second kappa shape index (κ2) is 26.6. The first-order valence-electron chi connectivity index (χ1n) is 22.6. The van der Waals surface area contributed by atoms with Crippen LogP contribution in [0.3, 0.4) is 0 Å². The molecule has 2 aliphatic carbocycles. The van der Waals surface area contributed by atoms with E-state index in [1.807, 2.05) is 0 Å². The summed E-state index contributed by atoms with van der Waals surface area (Å²) in [5.41, 5.74) is -0.0579. The molecule has 1 aromatic carbocycles. The van der Waals surface area contributed by atoms with Crippen LogP contribution in [0.2, 0.25) is 19.6 Å². The Morgan fingerprint density at radius 1 is 0.600 bits per heavy atom. The maximum Gasteiger partial charge on any atom is 0.342 e. The number of ether oxygens (including phenoxy) is 5. The Morgan fingerprint density at radius 2 is 1.05 bits per heavy atom. The molecule has 1 unspecified atom stereocenters. The van der Waals surface area contributed by atoms with Gasteiger partial charge in [-0.2, -0.15) is 0 Å². The summed E-state index contributed by atoms with van der Waals surface area (Å²) in [4.78, 5) is 41.0. The highest BCUT2D eigenvalue weighted by molar-refractivity contribution is 6.77. The summed E-state index contributed by atoms with van der Waals surface area (Å²) in [6.07, 6.45) is 25.1. The summed E-state index contributed by atoms with van der Waals surface area (Å²) in [7, 11) is -1.90. The summed E-state index contributed by atoms with van der Waals surface area (Å²) >= 11 is 0. The molecule has 0 aromatic heterocycles. The largest absolute Gasteiger partial charge is 0.463 e. The van der Waals surface area contributed by atoms with Crippen LogP contribution < -0.4 is 9.47 Å². The number of rotatable bonds is 27. The van der Waals surface area contributed by atoms with E-state index in [1.54, 1.807) is 12.1 Å². The van der Waals surface area contributed by atoms with Gasteiger partial charge >= 0.3 is 17.9 Å². The van der Waals surface area contributed by atoms with Crippen LogP contribution in [0.4, 0.5) is 0 Å². The molecule has 3 rings (SSSR count). The van der Waals surface area contributed by atoms with Crippen molar-refractivity contribution in [3.05, 3.63) is 23.8 Å². The minimum absolute atomic E-state index is 0.130. The van der Waals surface area contributed by atoms with E-state index in [2.05, 4.69) is 40.4 Å². The minimum Gasteiger partial charge on any atom is -0.463 e. The van der Waals surface area contributed by atoms with E-state index >= 15 is 0 Å². The van der Waals surface area contributed by atoms with E-state index in [-0.39, 0.29) is 58.8 Å². The smallest absolute Gasteiger partial charge is 0.342 e. The highest BCUT2D eigenvalue weighted by Gasteiger charge is 2.34. The molecular formula is C46H78O8Si. The van der Waals surface area contributed by atoms with Gasteiger partial charge in [-0.1, -0.05) is 124 Å². The van der Waals surface area contributed by atoms with E-state index in [9.17, 15) is 14.4 Å². The van der Waals surface area contributed by atoms with Crippen molar-refractivity contribution in [1.82, 2.24) is 0 Å². The number of carbonyl (C=O) groups excluding carboxylic acids is 3. The van der Waals surface area contributed by atoms with Gasteiger partial charge in [0.1, 0.15) is 17.1 Å². The number of unbranched alkanes of at least 4 members (excludes halogenated alkanes) is 12. The van der Waals surface area contributed by atoms with E-state index in [0.717, 1.165) is 71.0 Å². The van der Waals surface area contributed by atoms with Gasteiger partial charge in [-0.3, -0.25) is 9.59 Å². The normalized spacial score (nSPS) is 20.8. The third-order valence-corrected chi connectivity index (χ3v) is 13.9. The van der Waals surface area contributed by atoms with Crippen molar-refractivity contribution in [1.29, 1.82) is 0 Å².